The van der Waals surface area contributed by atoms with Gasteiger partial charge in [0, 0.05) is 11.4 Å². The first kappa shape index (κ1) is 4.44. The van der Waals surface area contributed by atoms with Gasteiger partial charge in [-0.15, -0.1) is 0 Å². The summed E-state index contributed by atoms with van der Waals surface area (Å²) in [6, 6.07) is 0. The van der Waals surface area contributed by atoms with Crippen LogP contribution in [0.25, 0.3) is 0 Å². The van der Waals surface area contributed by atoms with E-state index in [1.165, 1.54) is 0 Å². The molecule has 1 rings (SSSR count). The van der Waals surface area contributed by atoms with Crippen LogP contribution in [0.4, 0.5) is 0 Å². The summed E-state index contributed by atoms with van der Waals surface area (Å²) in [5, 5.41) is 4.00. The Bertz CT molecular complexity index is 99.3. The summed E-state index contributed by atoms with van der Waals surface area (Å²) in [6.07, 6.45) is 2.03. The summed E-state index contributed by atoms with van der Waals surface area (Å²) in [5.74, 6) is 0. The van der Waals surface area contributed by atoms with Crippen LogP contribution in [0.3, 0.4) is 0 Å². The van der Waals surface area contributed by atoms with Gasteiger partial charge < -0.3 is 0 Å². The fourth-order valence-corrected chi connectivity index (χ4v) is 0.624. The molecule has 0 amide bonds. The Hall–Kier alpha value is -0.720. The van der Waals surface area contributed by atoms with E-state index in [-0.39, 0.29) is 0 Å². The minimum absolute atomic E-state index is 0.977. The first-order valence-corrected chi connectivity index (χ1v) is 2.36. The number of nitrogens with zero attached hydrogens (tertiary/aromatic N) is 1. The van der Waals surface area contributed by atoms with E-state index >= 15 is 0 Å². The molecule has 1 heterocycles. The van der Waals surface area contributed by atoms with Crippen LogP contribution in [0, 0.1) is 0 Å². The summed E-state index contributed by atoms with van der Waals surface area (Å²) in [5.41, 5.74) is 1.95. The quantitative estimate of drug-likeness (QED) is 0.431. The van der Waals surface area contributed by atoms with E-state index in [9.17, 15) is 0 Å². The predicted molar refractivity (Wildman–Crippen MR) is 29.6 cm³/mol. The Morgan fingerprint density at radius 3 is 1.71 bits per heavy atom. The average Bonchev–Trinajstić information content (AvgIpc) is 1.87. The zero-order chi connectivity index (χ0) is 5.28. The number of hydrogen-bond donors (Lipinski definition) is 0. The summed E-state index contributed by atoms with van der Waals surface area (Å²) in [4.78, 5) is 0. The third kappa shape index (κ3) is 0.829. The molecule has 1 aliphatic heterocycles. The lowest BCUT2D eigenvalue weighted by Gasteiger charge is -1.85. The van der Waals surface area contributed by atoms with Crippen molar-refractivity contribution in [3.63, 3.8) is 0 Å². The highest BCUT2D eigenvalue weighted by atomic mass is 14.9. The smallest absolute Gasteiger partial charge is 0.0338 e. The highest BCUT2D eigenvalue weighted by molar-refractivity contribution is 5.12. The third-order valence-corrected chi connectivity index (χ3v) is 1.02. The molecule has 1 aliphatic rings. The van der Waals surface area contributed by atoms with Crippen molar-refractivity contribution in [3.8, 4) is 0 Å². The van der Waals surface area contributed by atoms with E-state index < -0.39 is 0 Å². The van der Waals surface area contributed by atoms with Gasteiger partial charge in [0.05, 0.1) is 0 Å². The lowest BCUT2D eigenvalue weighted by Crippen LogP contribution is -1.87. The van der Waals surface area contributed by atoms with E-state index in [1.807, 2.05) is 0 Å². The van der Waals surface area contributed by atoms with Crippen molar-refractivity contribution >= 4 is 0 Å². The Labute approximate surface area is 43.7 Å². The van der Waals surface area contributed by atoms with Gasteiger partial charge in [0.25, 0.3) is 0 Å². The van der Waals surface area contributed by atoms with Crippen molar-refractivity contribution < 1.29 is 0 Å². The van der Waals surface area contributed by atoms with Crippen molar-refractivity contribution in [1.82, 2.24) is 5.32 Å². The van der Waals surface area contributed by atoms with Crippen LogP contribution in [0.15, 0.2) is 24.6 Å². The molecule has 1 heteroatoms. The molecule has 0 N–H and O–H groups in total. The second-order valence-corrected chi connectivity index (χ2v) is 1.74. The SMILES string of the molecule is C=C1CCC(=C)[N]1. The standard InChI is InChI=1S/C6H8N/c1-5-3-4-6(2)7-5/h1-4H2. The highest BCUT2D eigenvalue weighted by Crippen LogP contribution is 2.16. The largest absolute Gasteiger partial charge is 0.259 e. The van der Waals surface area contributed by atoms with E-state index in [0.29, 0.717) is 0 Å². The maximum absolute atomic E-state index is 4.00. The Kier molecular flexibility index (Phi) is 0.895. The minimum atomic E-state index is 0.977. The fourth-order valence-electron chi connectivity index (χ4n) is 0.624. The summed E-state index contributed by atoms with van der Waals surface area (Å²) >= 11 is 0. The summed E-state index contributed by atoms with van der Waals surface area (Å²) in [6.45, 7) is 7.35. The zero-order valence-electron chi connectivity index (χ0n) is 4.28. The second kappa shape index (κ2) is 1.41. The molecule has 37 valence electrons. The molecule has 0 spiro atoms. The molecule has 1 fully saturated rings. The van der Waals surface area contributed by atoms with Crippen LogP contribution in [0.5, 0.6) is 0 Å². The van der Waals surface area contributed by atoms with Gasteiger partial charge in [0.2, 0.25) is 0 Å². The van der Waals surface area contributed by atoms with Crippen LogP contribution < -0.4 is 5.32 Å². The van der Waals surface area contributed by atoms with Crippen LogP contribution >= 0.6 is 0 Å². The number of rotatable bonds is 0. The number of hydrogen-bond acceptors (Lipinski definition) is 0. The van der Waals surface area contributed by atoms with Crippen LogP contribution in [-0.4, -0.2) is 0 Å². The first-order valence-electron chi connectivity index (χ1n) is 2.36. The Morgan fingerprint density at radius 2 is 1.57 bits per heavy atom. The van der Waals surface area contributed by atoms with E-state index in [1.54, 1.807) is 0 Å². The zero-order valence-corrected chi connectivity index (χ0v) is 4.28. The fraction of sp³-hybridized carbons (Fsp3) is 0.333. The van der Waals surface area contributed by atoms with Crippen molar-refractivity contribution in [2.75, 3.05) is 0 Å². The normalized spacial score (nSPS) is 20.0. The molecule has 0 aliphatic carbocycles. The summed E-state index contributed by atoms with van der Waals surface area (Å²) < 4.78 is 0. The second-order valence-electron chi connectivity index (χ2n) is 1.74. The molecule has 0 aromatic heterocycles. The van der Waals surface area contributed by atoms with Gasteiger partial charge in [-0.3, -0.25) is 5.32 Å². The van der Waals surface area contributed by atoms with Gasteiger partial charge in [-0.05, 0) is 12.8 Å². The summed E-state index contributed by atoms with van der Waals surface area (Å²) in [7, 11) is 0. The topological polar surface area (TPSA) is 14.1 Å². The maximum Gasteiger partial charge on any atom is 0.0338 e. The van der Waals surface area contributed by atoms with Gasteiger partial charge >= 0.3 is 0 Å². The number of allylic oxidation sites excluding steroid dienone is 2. The third-order valence-electron chi connectivity index (χ3n) is 1.02. The molecule has 0 bridgehead atoms. The molecule has 0 saturated carbocycles. The first-order chi connectivity index (χ1) is 3.29. The van der Waals surface area contributed by atoms with Gasteiger partial charge in [0.15, 0.2) is 0 Å². The maximum atomic E-state index is 4.00. The van der Waals surface area contributed by atoms with Crippen LogP contribution in [0.1, 0.15) is 12.8 Å². The van der Waals surface area contributed by atoms with E-state index in [4.69, 9.17) is 0 Å². The van der Waals surface area contributed by atoms with Crippen molar-refractivity contribution in [2.24, 2.45) is 0 Å². The Morgan fingerprint density at radius 1 is 1.14 bits per heavy atom. The molecule has 7 heavy (non-hydrogen) atoms. The highest BCUT2D eigenvalue weighted by Gasteiger charge is 2.07. The molecule has 0 aromatic carbocycles. The average molecular weight is 94.1 g/mol. The molecule has 1 saturated heterocycles. The van der Waals surface area contributed by atoms with E-state index in [2.05, 4.69) is 18.5 Å². The molecule has 0 atom stereocenters. The van der Waals surface area contributed by atoms with Gasteiger partial charge in [-0.1, -0.05) is 13.2 Å². The molecule has 1 radical (unpaired) electrons. The van der Waals surface area contributed by atoms with Crippen LogP contribution in [0.2, 0.25) is 0 Å². The molecule has 0 aromatic rings. The van der Waals surface area contributed by atoms with Gasteiger partial charge in [-0.2, -0.15) is 0 Å². The lowest BCUT2D eigenvalue weighted by atomic mass is 10.3. The van der Waals surface area contributed by atoms with Gasteiger partial charge in [-0.25, -0.2) is 0 Å². The Balaban J connectivity index is 2.55. The monoisotopic (exact) mass is 94.1 g/mol. The van der Waals surface area contributed by atoms with Crippen LogP contribution in [-0.2, 0) is 0 Å². The van der Waals surface area contributed by atoms with E-state index in [0.717, 1.165) is 24.2 Å². The minimum Gasteiger partial charge on any atom is -0.259 e. The predicted octanol–water partition coefficient (Wildman–Crippen LogP) is 1.41. The van der Waals surface area contributed by atoms with Crippen molar-refractivity contribution in [3.05, 3.63) is 24.6 Å². The molecule has 1 nitrogen and oxygen atoms in total. The lowest BCUT2D eigenvalue weighted by molar-refractivity contribution is 1.05. The van der Waals surface area contributed by atoms with Crippen molar-refractivity contribution in [2.45, 2.75) is 12.8 Å². The molecular formula is C6H8N. The van der Waals surface area contributed by atoms with Gasteiger partial charge in [0.1, 0.15) is 0 Å². The molecular weight excluding hydrogens is 86.1 g/mol. The molecule has 0 unspecified atom stereocenters. The van der Waals surface area contributed by atoms with Crippen molar-refractivity contribution in [1.29, 1.82) is 0 Å².